The minimum absolute atomic E-state index is 0.0945. The normalized spacial score (nSPS) is 10.8. The molecule has 0 radical (unpaired) electrons. The SMILES string of the molecule is COc1cccc(/C=N/NC(=O)Cc2nc(-c3cnccn3)no2)c1. The average Bonchev–Trinajstić information content (AvgIpc) is 3.11. The summed E-state index contributed by atoms with van der Waals surface area (Å²) >= 11 is 0. The molecule has 0 aliphatic carbocycles. The van der Waals surface area contributed by atoms with Gasteiger partial charge in [0.2, 0.25) is 17.6 Å². The molecule has 0 fully saturated rings. The van der Waals surface area contributed by atoms with Crippen LogP contribution in [0.1, 0.15) is 11.5 Å². The van der Waals surface area contributed by atoms with Gasteiger partial charge in [-0.25, -0.2) is 10.4 Å². The number of benzene rings is 1. The number of methoxy groups -OCH3 is 1. The van der Waals surface area contributed by atoms with E-state index >= 15 is 0 Å². The molecule has 0 saturated heterocycles. The average molecular weight is 338 g/mol. The summed E-state index contributed by atoms with van der Waals surface area (Å²) in [6, 6.07) is 7.28. The van der Waals surface area contributed by atoms with E-state index in [9.17, 15) is 4.79 Å². The first-order valence-corrected chi connectivity index (χ1v) is 7.29. The Labute approximate surface area is 142 Å². The lowest BCUT2D eigenvalue weighted by Crippen LogP contribution is -2.19. The van der Waals surface area contributed by atoms with Gasteiger partial charge in [-0.15, -0.1) is 0 Å². The van der Waals surface area contributed by atoms with Gasteiger partial charge in [0.1, 0.15) is 17.9 Å². The molecule has 1 amide bonds. The van der Waals surface area contributed by atoms with Crippen LogP contribution in [0.2, 0.25) is 0 Å². The van der Waals surface area contributed by atoms with Crippen LogP contribution in [0.5, 0.6) is 5.75 Å². The van der Waals surface area contributed by atoms with Gasteiger partial charge in [-0.1, -0.05) is 17.3 Å². The molecule has 126 valence electrons. The number of ether oxygens (including phenoxy) is 1. The Bertz CT molecular complexity index is 878. The van der Waals surface area contributed by atoms with Crippen molar-refractivity contribution in [3.8, 4) is 17.3 Å². The van der Waals surface area contributed by atoms with Crippen LogP contribution in [-0.2, 0) is 11.2 Å². The van der Waals surface area contributed by atoms with Crippen LogP contribution in [-0.4, -0.2) is 39.3 Å². The van der Waals surface area contributed by atoms with Gasteiger partial charge >= 0.3 is 0 Å². The van der Waals surface area contributed by atoms with Crippen molar-refractivity contribution in [3.63, 3.8) is 0 Å². The van der Waals surface area contributed by atoms with Crippen molar-refractivity contribution in [2.45, 2.75) is 6.42 Å². The maximum Gasteiger partial charge on any atom is 0.249 e. The van der Waals surface area contributed by atoms with Crippen molar-refractivity contribution in [2.75, 3.05) is 7.11 Å². The monoisotopic (exact) mass is 338 g/mol. The molecule has 1 N–H and O–H groups in total. The third-order valence-corrected chi connectivity index (χ3v) is 3.07. The smallest absolute Gasteiger partial charge is 0.249 e. The van der Waals surface area contributed by atoms with Crippen molar-refractivity contribution in [3.05, 3.63) is 54.3 Å². The highest BCUT2D eigenvalue weighted by Crippen LogP contribution is 2.11. The number of amides is 1. The predicted octanol–water partition coefficient (Wildman–Crippen LogP) is 1.23. The molecule has 0 aliphatic heterocycles. The van der Waals surface area contributed by atoms with Crippen LogP contribution in [0.4, 0.5) is 0 Å². The Hall–Kier alpha value is -3.62. The fourth-order valence-electron chi connectivity index (χ4n) is 1.92. The first-order chi connectivity index (χ1) is 12.2. The number of aromatic nitrogens is 4. The van der Waals surface area contributed by atoms with E-state index in [1.165, 1.54) is 24.8 Å². The Balaban J connectivity index is 1.56. The molecule has 3 aromatic rings. The number of carbonyl (C=O) groups excluding carboxylic acids is 1. The number of rotatable bonds is 6. The molecule has 2 aromatic heterocycles. The highest BCUT2D eigenvalue weighted by molar-refractivity contribution is 5.83. The molecule has 0 unspecified atom stereocenters. The molecule has 0 spiro atoms. The van der Waals surface area contributed by atoms with E-state index in [2.05, 4.69) is 30.6 Å². The van der Waals surface area contributed by atoms with Crippen LogP contribution in [0, 0.1) is 0 Å². The van der Waals surface area contributed by atoms with Gasteiger partial charge in [-0.2, -0.15) is 10.1 Å². The summed E-state index contributed by atoms with van der Waals surface area (Å²) in [4.78, 5) is 23.9. The van der Waals surface area contributed by atoms with Crippen molar-refractivity contribution in [1.82, 2.24) is 25.5 Å². The third-order valence-electron chi connectivity index (χ3n) is 3.07. The first kappa shape index (κ1) is 16.2. The Kier molecular flexibility index (Phi) is 5.05. The molecule has 25 heavy (non-hydrogen) atoms. The minimum Gasteiger partial charge on any atom is -0.497 e. The molecule has 0 aliphatic rings. The summed E-state index contributed by atoms with van der Waals surface area (Å²) < 4.78 is 10.1. The molecular weight excluding hydrogens is 324 g/mol. The summed E-state index contributed by atoms with van der Waals surface area (Å²) in [5, 5.41) is 7.65. The summed E-state index contributed by atoms with van der Waals surface area (Å²) in [6.45, 7) is 0. The number of nitrogens with one attached hydrogen (secondary N) is 1. The van der Waals surface area contributed by atoms with E-state index in [0.717, 1.165) is 5.56 Å². The predicted molar refractivity (Wildman–Crippen MR) is 87.8 cm³/mol. The topological polar surface area (TPSA) is 115 Å². The van der Waals surface area contributed by atoms with Gasteiger partial charge in [0.05, 0.1) is 19.5 Å². The second kappa shape index (κ2) is 7.77. The zero-order valence-electron chi connectivity index (χ0n) is 13.3. The molecule has 1 aromatic carbocycles. The maximum atomic E-state index is 11.9. The number of hydrogen-bond acceptors (Lipinski definition) is 8. The van der Waals surface area contributed by atoms with Crippen LogP contribution >= 0.6 is 0 Å². The van der Waals surface area contributed by atoms with E-state index in [4.69, 9.17) is 9.26 Å². The number of carbonyl (C=O) groups is 1. The third kappa shape index (κ3) is 4.44. The van der Waals surface area contributed by atoms with Gasteiger partial charge in [0.15, 0.2) is 0 Å². The van der Waals surface area contributed by atoms with Gasteiger partial charge in [0, 0.05) is 12.4 Å². The largest absolute Gasteiger partial charge is 0.497 e. The van der Waals surface area contributed by atoms with E-state index < -0.39 is 0 Å². The van der Waals surface area contributed by atoms with Gasteiger partial charge < -0.3 is 9.26 Å². The quantitative estimate of drug-likeness (QED) is 0.531. The highest BCUT2D eigenvalue weighted by atomic mass is 16.5. The first-order valence-electron chi connectivity index (χ1n) is 7.29. The minimum atomic E-state index is -0.381. The maximum absolute atomic E-state index is 11.9. The fraction of sp³-hybridized carbons (Fsp3) is 0.125. The van der Waals surface area contributed by atoms with Crippen molar-refractivity contribution >= 4 is 12.1 Å². The van der Waals surface area contributed by atoms with Crippen molar-refractivity contribution in [2.24, 2.45) is 5.10 Å². The van der Waals surface area contributed by atoms with Crippen molar-refractivity contribution in [1.29, 1.82) is 0 Å². The Morgan fingerprint density at radius 1 is 1.40 bits per heavy atom. The van der Waals surface area contributed by atoms with Crippen molar-refractivity contribution < 1.29 is 14.1 Å². The van der Waals surface area contributed by atoms with E-state index in [1.807, 2.05) is 18.2 Å². The van der Waals surface area contributed by atoms with Gasteiger partial charge in [-0.3, -0.25) is 9.78 Å². The van der Waals surface area contributed by atoms with E-state index in [-0.39, 0.29) is 24.0 Å². The molecule has 2 heterocycles. The molecule has 0 bridgehead atoms. The molecule has 9 heteroatoms. The summed E-state index contributed by atoms with van der Waals surface area (Å²) in [5.74, 6) is 0.761. The Morgan fingerprint density at radius 2 is 2.32 bits per heavy atom. The molecule has 3 rings (SSSR count). The Morgan fingerprint density at radius 3 is 3.12 bits per heavy atom. The molecule has 0 atom stereocenters. The number of nitrogens with zero attached hydrogens (tertiary/aromatic N) is 5. The molecular formula is C16H14N6O3. The number of hydrazone groups is 1. The zero-order valence-corrected chi connectivity index (χ0v) is 13.3. The van der Waals surface area contributed by atoms with Gasteiger partial charge in [-0.05, 0) is 17.7 Å². The molecule has 0 saturated carbocycles. The summed E-state index contributed by atoms with van der Waals surface area (Å²) in [7, 11) is 1.58. The number of hydrogen-bond donors (Lipinski definition) is 1. The lowest BCUT2D eigenvalue weighted by molar-refractivity contribution is -0.120. The van der Waals surface area contributed by atoms with E-state index in [0.29, 0.717) is 11.4 Å². The second-order valence-corrected chi connectivity index (χ2v) is 4.85. The highest BCUT2D eigenvalue weighted by Gasteiger charge is 2.13. The fourth-order valence-corrected chi connectivity index (χ4v) is 1.92. The van der Waals surface area contributed by atoms with Crippen LogP contribution < -0.4 is 10.2 Å². The van der Waals surface area contributed by atoms with E-state index in [1.54, 1.807) is 13.2 Å². The van der Waals surface area contributed by atoms with Gasteiger partial charge in [0.25, 0.3) is 0 Å². The lowest BCUT2D eigenvalue weighted by atomic mass is 10.2. The summed E-state index contributed by atoms with van der Waals surface area (Å²) in [6.07, 6.45) is 5.98. The molecule has 9 nitrogen and oxygen atoms in total. The van der Waals surface area contributed by atoms with Crippen LogP contribution in [0.15, 0.2) is 52.5 Å². The second-order valence-electron chi connectivity index (χ2n) is 4.85. The van der Waals surface area contributed by atoms with Crippen LogP contribution in [0.3, 0.4) is 0 Å². The lowest BCUT2D eigenvalue weighted by Gasteiger charge is -2.00. The standard InChI is InChI=1S/C16H14N6O3/c1-24-12-4-2-3-11(7-12)9-19-21-14(23)8-15-20-16(22-25-15)13-10-17-5-6-18-13/h2-7,9-10H,8H2,1H3,(H,21,23)/b19-9+. The summed E-state index contributed by atoms with van der Waals surface area (Å²) in [5.41, 5.74) is 3.66. The van der Waals surface area contributed by atoms with Crippen LogP contribution in [0.25, 0.3) is 11.5 Å². The zero-order chi connectivity index (χ0) is 17.5.